The molecule has 4 aromatic heterocycles. The summed E-state index contributed by atoms with van der Waals surface area (Å²) in [6, 6.07) is 37.0. The quantitative estimate of drug-likeness (QED) is 0.113. The molecule has 0 N–H and O–H groups in total. The Bertz CT molecular complexity index is 2380. The Morgan fingerprint density at radius 2 is 1.47 bits per heavy atom. The van der Waals surface area contributed by atoms with Gasteiger partial charge in [0, 0.05) is 46.8 Å². The first-order valence-electron chi connectivity index (χ1n) is 19.3. The predicted molar refractivity (Wildman–Crippen MR) is 222 cm³/mol. The molecule has 4 nitrogen and oxygen atoms in total. The van der Waals surface area contributed by atoms with E-state index in [4.69, 9.17) is 7.16 Å². The third-order valence-corrected chi connectivity index (χ3v) is 11.9. The molecule has 53 heavy (non-hydrogen) atoms. The van der Waals surface area contributed by atoms with Gasteiger partial charge in [-0.05, 0) is 75.4 Å². The average molecular weight is 896 g/mol. The summed E-state index contributed by atoms with van der Waals surface area (Å²) < 4.78 is 23.6. The van der Waals surface area contributed by atoms with Crippen LogP contribution in [0.5, 0.6) is 0 Å². The number of fused-ring (bicyclic) bond motifs is 3. The van der Waals surface area contributed by atoms with Crippen molar-refractivity contribution in [3.8, 4) is 33.6 Å². The second kappa shape index (κ2) is 16.4. The van der Waals surface area contributed by atoms with Crippen LogP contribution in [0, 0.1) is 17.5 Å². The monoisotopic (exact) mass is 896 g/mol. The molecule has 0 aliphatic heterocycles. The van der Waals surface area contributed by atoms with Crippen molar-refractivity contribution in [2.24, 2.45) is 5.41 Å². The van der Waals surface area contributed by atoms with E-state index in [0.717, 1.165) is 73.6 Å². The van der Waals surface area contributed by atoms with Crippen molar-refractivity contribution in [1.82, 2.24) is 15.0 Å². The first-order valence-corrected chi connectivity index (χ1v) is 21.8. The van der Waals surface area contributed by atoms with Crippen LogP contribution in [0.3, 0.4) is 0 Å². The van der Waals surface area contributed by atoms with Gasteiger partial charge < -0.3 is 14.4 Å². The summed E-state index contributed by atoms with van der Waals surface area (Å²) in [7, 11) is -1.70. The van der Waals surface area contributed by atoms with Crippen LogP contribution in [0.2, 0.25) is 19.6 Å². The fraction of sp³-hybridized carbons (Fsp3) is 0.298. The molecular formula is C47H51IrN3OSi-2. The van der Waals surface area contributed by atoms with Crippen LogP contribution in [0.15, 0.2) is 114 Å². The Morgan fingerprint density at radius 3 is 2.13 bits per heavy atom. The van der Waals surface area contributed by atoms with Gasteiger partial charge in [0.2, 0.25) is 5.71 Å². The molecule has 4 heterocycles. The Kier molecular flexibility index (Phi) is 11.5. The van der Waals surface area contributed by atoms with E-state index in [9.17, 15) is 0 Å². The van der Waals surface area contributed by atoms with Crippen molar-refractivity contribution >= 4 is 35.3 Å². The van der Waals surface area contributed by atoms with E-state index in [2.05, 4.69) is 116 Å². The third kappa shape index (κ3) is 9.12. The van der Waals surface area contributed by atoms with Crippen LogP contribution in [-0.2, 0) is 31.9 Å². The maximum atomic E-state index is 8.75. The van der Waals surface area contributed by atoms with Gasteiger partial charge in [0.25, 0.3) is 0 Å². The van der Waals surface area contributed by atoms with Crippen LogP contribution in [0.1, 0.15) is 68.3 Å². The third-order valence-electron chi connectivity index (χ3n) is 9.89. The molecule has 1 radical (unpaired) electrons. The average Bonchev–Trinajstić information content (AvgIpc) is 3.56. The Balaban J connectivity index is 0.000000217. The van der Waals surface area contributed by atoms with Crippen LogP contribution in [0.4, 0.5) is 0 Å². The van der Waals surface area contributed by atoms with E-state index in [-0.39, 0.29) is 25.5 Å². The van der Waals surface area contributed by atoms with Gasteiger partial charge in [-0.25, -0.2) is 4.98 Å². The van der Waals surface area contributed by atoms with Gasteiger partial charge in [-0.2, -0.15) is 0 Å². The smallest absolute Gasteiger partial charge is 0.216 e. The van der Waals surface area contributed by atoms with E-state index < -0.39 is 19.9 Å². The summed E-state index contributed by atoms with van der Waals surface area (Å²) in [6.45, 7) is 19.4. The summed E-state index contributed by atoms with van der Waals surface area (Å²) in [6.07, 6.45) is 6.37. The molecular weight excluding hydrogens is 843 g/mol. The van der Waals surface area contributed by atoms with E-state index in [1.54, 1.807) is 6.20 Å². The number of pyridine rings is 3. The SMILES string of the molecule is CCC(C)(CC)c1ccnc(-c2[c-]cc3oc4nccc(-c5ccccc5)c4c3c2)c1.[2H]C([2H])(c1cc(-c2[c-]cccc2)ncc1[Si](C)(C)C)C(C)(C)C.[Ir]. The van der Waals surface area contributed by atoms with Gasteiger partial charge in [0.1, 0.15) is 0 Å². The van der Waals surface area contributed by atoms with Crippen molar-refractivity contribution in [1.29, 1.82) is 0 Å². The number of aromatic nitrogens is 3. The topological polar surface area (TPSA) is 51.8 Å². The number of furan rings is 1. The molecule has 6 heteroatoms. The fourth-order valence-corrected chi connectivity index (χ4v) is 7.92. The van der Waals surface area contributed by atoms with Crippen LogP contribution < -0.4 is 5.19 Å². The number of hydrogen-bond donors (Lipinski definition) is 0. The number of hydrogen-bond acceptors (Lipinski definition) is 4. The zero-order chi connectivity index (χ0) is 38.9. The molecule has 7 aromatic rings. The maximum absolute atomic E-state index is 8.75. The molecule has 0 aliphatic carbocycles. The van der Waals surface area contributed by atoms with Gasteiger partial charge in [-0.15, -0.1) is 59.7 Å². The zero-order valence-electron chi connectivity index (χ0n) is 34.4. The zero-order valence-corrected chi connectivity index (χ0v) is 35.8. The normalized spacial score (nSPS) is 12.8. The second-order valence-electron chi connectivity index (χ2n) is 15.8. The number of rotatable bonds is 8. The molecule has 7 rings (SSSR count). The molecule has 0 aliphatic rings. The van der Waals surface area contributed by atoms with E-state index >= 15 is 0 Å². The van der Waals surface area contributed by atoms with E-state index in [1.807, 2.05) is 75.6 Å². The van der Waals surface area contributed by atoms with Crippen LogP contribution in [-0.4, -0.2) is 23.0 Å². The van der Waals surface area contributed by atoms with Gasteiger partial charge in [0.05, 0.1) is 13.7 Å². The van der Waals surface area contributed by atoms with Crippen molar-refractivity contribution in [2.45, 2.75) is 85.8 Å². The van der Waals surface area contributed by atoms with Crippen molar-refractivity contribution in [3.63, 3.8) is 0 Å². The fourth-order valence-electron chi connectivity index (χ4n) is 6.52. The molecule has 0 unspecified atom stereocenters. The summed E-state index contributed by atoms with van der Waals surface area (Å²) >= 11 is 0. The summed E-state index contributed by atoms with van der Waals surface area (Å²) in [4.78, 5) is 13.8. The van der Waals surface area contributed by atoms with Crippen molar-refractivity contribution in [2.75, 3.05) is 0 Å². The van der Waals surface area contributed by atoms with E-state index in [0.29, 0.717) is 5.71 Å². The van der Waals surface area contributed by atoms with Crippen LogP contribution >= 0.6 is 0 Å². The molecule has 0 saturated heterocycles. The first-order chi connectivity index (χ1) is 25.6. The molecule has 0 bridgehead atoms. The molecule has 0 saturated carbocycles. The minimum Gasteiger partial charge on any atom is -0.486 e. The van der Waals surface area contributed by atoms with Gasteiger partial charge >= 0.3 is 0 Å². The first kappa shape index (κ1) is 37.1. The second-order valence-corrected chi connectivity index (χ2v) is 20.9. The molecule has 0 fully saturated rings. The van der Waals surface area contributed by atoms with Gasteiger partial charge in [-0.1, -0.05) is 115 Å². The largest absolute Gasteiger partial charge is 0.486 e. The van der Waals surface area contributed by atoms with Crippen LogP contribution in [0.25, 0.3) is 55.7 Å². The molecule has 0 amide bonds. The molecule has 0 spiro atoms. The Labute approximate surface area is 333 Å². The Morgan fingerprint density at radius 1 is 0.774 bits per heavy atom. The summed E-state index contributed by atoms with van der Waals surface area (Å²) in [5.41, 5.74) is 9.06. The van der Waals surface area contributed by atoms with E-state index in [1.165, 1.54) is 5.56 Å². The minimum absolute atomic E-state index is 0. The van der Waals surface area contributed by atoms with Crippen molar-refractivity contribution < 1.29 is 27.3 Å². The van der Waals surface area contributed by atoms with Gasteiger partial charge in [-0.3, -0.25) is 0 Å². The molecule has 3 aromatic carbocycles. The Hall–Kier alpha value is -4.22. The summed E-state index contributed by atoms with van der Waals surface area (Å²) in [5, 5.41) is 3.16. The standard InChI is InChI=1S/C28H25N2O.C19H26NSi.Ir/c1-4-28(3,5-2)21-13-15-29-24(18-21)20-11-12-25-23(17-20)26-22(14-16-30-27(26)31-25)19-9-7-6-8-10-19;1-19(2,3)13-16-12-17(15-10-8-7-9-11-15)20-14-18(16)21(4,5)6;/h6-10,12-18H,4-5H2,1-3H3;7-10,12,14H,13H2,1-6H3;/q2*-1;/i;13D2;. The maximum Gasteiger partial charge on any atom is 0.216 e. The predicted octanol–water partition coefficient (Wildman–Crippen LogP) is 12.3. The number of benzene rings is 3. The number of nitrogens with zero attached hydrogens (tertiary/aromatic N) is 3. The van der Waals surface area contributed by atoms with Crippen molar-refractivity contribution in [3.05, 3.63) is 133 Å². The molecule has 0 atom stereocenters. The molecule has 275 valence electrons. The summed E-state index contributed by atoms with van der Waals surface area (Å²) in [5.74, 6) is 0. The minimum atomic E-state index is -1.70. The van der Waals surface area contributed by atoms with Gasteiger partial charge in [0.15, 0.2) is 0 Å².